The molecular formula is C11H25N3O2S. The van der Waals surface area contributed by atoms with Gasteiger partial charge in [0.2, 0.25) is 0 Å². The van der Waals surface area contributed by atoms with Crippen molar-refractivity contribution in [2.24, 2.45) is 0 Å². The molecule has 0 radical (unpaired) electrons. The Morgan fingerprint density at radius 3 is 2.06 bits per heavy atom. The maximum Gasteiger partial charge on any atom is 0.281 e. The van der Waals surface area contributed by atoms with E-state index in [1.807, 2.05) is 20.9 Å². The minimum atomic E-state index is -3.24. The van der Waals surface area contributed by atoms with Crippen LogP contribution in [0.15, 0.2) is 0 Å². The van der Waals surface area contributed by atoms with E-state index in [-0.39, 0.29) is 5.54 Å². The first-order valence-electron chi connectivity index (χ1n) is 6.33. The molecule has 0 bridgehead atoms. The van der Waals surface area contributed by atoms with Crippen LogP contribution in [-0.4, -0.2) is 55.8 Å². The van der Waals surface area contributed by atoms with Gasteiger partial charge >= 0.3 is 0 Å². The molecule has 1 rings (SSSR count). The molecule has 0 spiro atoms. The largest absolute Gasteiger partial charge is 0.314 e. The number of nitrogens with one attached hydrogen (secondary N) is 1. The fourth-order valence-electron chi connectivity index (χ4n) is 2.17. The Labute approximate surface area is 105 Å². The van der Waals surface area contributed by atoms with Crippen LogP contribution in [-0.2, 0) is 10.2 Å². The van der Waals surface area contributed by atoms with Gasteiger partial charge in [0.15, 0.2) is 0 Å². The first-order valence-corrected chi connectivity index (χ1v) is 7.73. The van der Waals surface area contributed by atoms with Crippen molar-refractivity contribution in [2.75, 3.05) is 33.2 Å². The Hall–Kier alpha value is -0.170. The number of hydrogen-bond acceptors (Lipinski definition) is 3. The molecule has 0 aromatic carbocycles. The third kappa shape index (κ3) is 3.19. The Balaban J connectivity index is 2.71. The summed E-state index contributed by atoms with van der Waals surface area (Å²) in [7, 11) is -1.30. The van der Waals surface area contributed by atoms with Gasteiger partial charge < -0.3 is 5.32 Å². The normalized spacial score (nSPS) is 21.9. The Bertz CT molecular complexity index is 331. The SMILES string of the molecule is CCN(CC)S(=O)(=O)N1CCC(C)(NC)CC1. The third-order valence-corrected chi connectivity index (χ3v) is 5.97. The van der Waals surface area contributed by atoms with Crippen LogP contribution in [0.2, 0.25) is 0 Å². The standard InChI is InChI=1S/C11H25N3O2S/c1-5-13(6-2)17(15,16)14-9-7-11(3,12-4)8-10-14/h12H,5-10H2,1-4H3. The number of hydrogen-bond donors (Lipinski definition) is 1. The predicted octanol–water partition coefficient (Wildman–Crippen LogP) is 0.647. The Morgan fingerprint density at radius 1 is 1.24 bits per heavy atom. The highest BCUT2D eigenvalue weighted by Gasteiger charge is 2.35. The smallest absolute Gasteiger partial charge is 0.281 e. The second kappa shape index (κ2) is 5.65. The van der Waals surface area contributed by atoms with E-state index in [2.05, 4.69) is 12.2 Å². The maximum absolute atomic E-state index is 12.3. The highest BCUT2D eigenvalue weighted by molar-refractivity contribution is 7.86. The summed E-state index contributed by atoms with van der Waals surface area (Å²) < 4.78 is 27.7. The van der Waals surface area contributed by atoms with Gasteiger partial charge in [-0.3, -0.25) is 0 Å². The second-order valence-electron chi connectivity index (χ2n) is 4.80. The van der Waals surface area contributed by atoms with E-state index in [0.29, 0.717) is 26.2 Å². The van der Waals surface area contributed by atoms with Crippen LogP contribution in [0.25, 0.3) is 0 Å². The summed E-state index contributed by atoms with van der Waals surface area (Å²) in [5, 5.41) is 3.27. The first kappa shape index (κ1) is 14.9. The molecular weight excluding hydrogens is 238 g/mol. The average Bonchev–Trinajstić information content (AvgIpc) is 2.31. The summed E-state index contributed by atoms with van der Waals surface area (Å²) in [6, 6.07) is 0. The minimum Gasteiger partial charge on any atom is -0.314 e. The van der Waals surface area contributed by atoms with Gasteiger partial charge in [0.25, 0.3) is 10.2 Å². The van der Waals surface area contributed by atoms with Gasteiger partial charge in [0, 0.05) is 31.7 Å². The lowest BCUT2D eigenvalue weighted by Crippen LogP contribution is -2.54. The molecule has 17 heavy (non-hydrogen) atoms. The van der Waals surface area contributed by atoms with Crippen LogP contribution < -0.4 is 5.32 Å². The van der Waals surface area contributed by atoms with Crippen LogP contribution in [0.5, 0.6) is 0 Å². The summed E-state index contributed by atoms with van der Waals surface area (Å²) >= 11 is 0. The van der Waals surface area contributed by atoms with Crippen molar-refractivity contribution in [3.05, 3.63) is 0 Å². The zero-order valence-corrected chi connectivity index (χ0v) is 12.2. The van der Waals surface area contributed by atoms with Gasteiger partial charge in [-0.15, -0.1) is 0 Å². The summed E-state index contributed by atoms with van der Waals surface area (Å²) in [6.07, 6.45) is 1.73. The van der Waals surface area contributed by atoms with Crippen LogP contribution >= 0.6 is 0 Å². The molecule has 0 atom stereocenters. The Morgan fingerprint density at radius 2 is 1.71 bits per heavy atom. The van der Waals surface area contributed by atoms with Crippen molar-refractivity contribution in [2.45, 2.75) is 39.2 Å². The van der Waals surface area contributed by atoms with E-state index in [1.54, 1.807) is 4.31 Å². The van der Waals surface area contributed by atoms with E-state index in [4.69, 9.17) is 0 Å². The van der Waals surface area contributed by atoms with Crippen LogP contribution in [0.3, 0.4) is 0 Å². The lowest BCUT2D eigenvalue weighted by molar-refractivity contribution is 0.210. The van der Waals surface area contributed by atoms with Crippen LogP contribution in [0, 0.1) is 0 Å². The second-order valence-corrected chi connectivity index (χ2v) is 6.73. The molecule has 0 saturated carbocycles. The average molecular weight is 263 g/mol. The molecule has 6 heteroatoms. The monoisotopic (exact) mass is 263 g/mol. The van der Waals surface area contributed by atoms with Gasteiger partial charge in [-0.05, 0) is 26.8 Å². The summed E-state index contributed by atoms with van der Waals surface area (Å²) in [4.78, 5) is 0. The fourth-order valence-corrected chi connectivity index (χ4v) is 3.80. The van der Waals surface area contributed by atoms with Crippen LogP contribution in [0.1, 0.15) is 33.6 Å². The topological polar surface area (TPSA) is 52.7 Å². The summed E-state index contributed by atoms with van der Waals surface area (Å²) in [5.74, 6) is 0. The maximum atomic E-state index is 12.3. The van der Waals surface area contributed by atoms with Crippen molar-refractivity contribution in [3.63, 3.8) is 0 Å². The molecule has 102 valence electrons. The molecule has 1 fully saturated rings. The van der Waals surface area contributed by atoms with Gasteiger partial charge in [-0.1, -0.05) is 13.8 Å². The molecule has 0 aliphatic carbocycles. The molecule has 0 aromatic heterocycles. The lowest BCUT2D eigenvalue weighted by atomic mass is 9.91. The molecule has 0 aromatic rings. The quantitative estimate of drug-likeness (QED) is 0.792. The van der Waals surface area contributed by atoms with E-state index >= 15 is 0 Å². The summed E-state index contributed by atoms with van der Waals surface area (Å²) in [6.45, 7) is 8.20. The summed E-state index contributed by atoms with van der Waals surface area (Å²) in [5.41, 5.74) is 0.0787. The predicted molar refractivity (Wildman–Crippen MR) is 70.1 cm³/mol. The third-order valence-electron chi connectivity index (χ3n) is 3.79. The number of rotatable bonds is 5. The van der Waals surface area contributed by atoms with E-state index in [1.165, 1.54) is 4.31 Å². The molecule has 1 aliphatic rings. The highest BCUT2D eigenvalue weighted by atomic mass is 32.2. The molecule has 1 N–H and O–H groups in total. The van der Waals surface area contributed by atoms with E-state index < -0.39 is 10.2 Å². The molecule has 0 unspecified atom stereocenters. The molecule has 1 aliphatic heterocycles. The van der Waals surface area contributed by atoms with Crippen molar-refractivity contribution in [1.82, 2.24) is 13.9 Å². The molecule has 1 heterocycles. The van der Waals surface area contributed by atoms with Crippen molar-refractivity contribution >= 4 is 10.2 Å². The van der Waals surface area contributed by atoms with Crippen molar-refractivity contribution in [1.29, 1.82) is 0 Å². The zero-order chi connectivity index (χ0) is 13.1. The van der Waals surface area contributed by atoms with Gasteiger partial charge in [-0.2, -0.15) is 17.0 Å². The molecule has 1 saturated heterocycles. The van der Waals surface area contributed by atoms with E-state index in [9.17, 15) is 8.42 Å². The lowest BCUT2D eigenvalue weighted by Gasteiger charge is -2.40. The Kier molecular flexibility index (Phi) is 4.95. The van der Waals surface area contributed by atoms with E-state index in [0.717, 1.165) is 12.8 Å². The minimum absolute atomic E-state index is 0.0787. The van der Waals surface area contributed by atoms with Gasteiger partial charge in [0.05, 0.1) is 0 Å². The fraction of sp³-hybridized carbons (Fsp3) is 1.00. The zero-order valence-electron chi connectivity index (χ0n) is 11.4. The van der Waals surface area contributed by atoms with Crippen molar-refractivity contribution < 1.29 is 8.42 Å². The molecule has 5 nitrogen and oxygen atoms in total. The first-order chi connectivity index (χ1) is 7.89. The van der Waals surface area contributed by atoms with Gasteiger partial charge in [-0.25, -0.2) is 0 Å². The number of nitrogens with zero attached hydrogens (tertiary/aromatic N) is 2. The van der Waals surface area contributed by atoms with Crippen LogP contribution in [0.4, 0.5) is 0 Å². The van der Waals surface area contributed by atoms with Crippen molar-refractivity contribution in [3.8, 4) is 0 Å². The highest BCUT2D eigenvalue weighted by Crippen LogP contribution is 2.24. The van der Waals surface area contributed by atoms with Gasteiger partial charge in [0.1, 0.15) is 0 Å². The molecule has 0 amide bonds. The number of piperidine rings is 1.